The molecule has 0 aliphatic carbocycles. The molecule has 2 N–H and O–H groups in total. The standard InChI is InChI=1S/C21H23F3N2O3/c1-15(10-11-16-6-3-2-4-7-16)25-19(27)13-29-14-20(28)26-18-9-5-8-17(12-18)21(22,23)24/h2-9,12,15H,10-11,13-14H2,1H3,(H,25,27)(H,26,28)/t15-/m0/s1. The number of hydrogen-bond acceptors (Lipinski definition) is 3. The van der Waals surface area contributed by atoms with Gasteiger partial charge in [-0.1, -0.05) is 36.4 Å². The first-order valence-corrected chi connectivity index (χ1v) is 9.12. The summed E-state index contributed by atoms with van der Waals surface area (Å²) in [6, 6.07) is 14.1. The lowest BCUT2D eigenvalue weighted by Crippen LogP contribution is -2.36. The number of carbonyl (C=O) groups is 2. The monoisotopic (exact) mass is 408 g/mol. The van der Waals surface area contributed by atoms with Gasteiger partial charge in [-0.3, -0.25) is 9.59 Å². The molecule has 0 aliphatic heterocycles. The first-order valence-electron chi connectivity index (χ1n) is 9.12. The van der Waals surface area contributed by atoms with E-state index in [1.807, 2.05) is 37.3 Å². The summed E-state index contributed by atoms with van der Waals surface area (Å²) in [4.78, 5) is 23.7. The lowest BCUT2D eigenvalue weighted by Gasteiger charge is -2.14. The quantitative estimate of drug-likeness (QED) is 0.663. The van der Waals surface area contributed by atoms with Crippen LogP contribution in [0.4, 0.5) is 18.9 Å². The van der Waals surface area contributed by atoms with E-state index in [2.05, 4.69) is 10.6 Å². The Hall–Kier alpha value is -2.87. The number of benzene rings is 2. The summed E-state index contributed by atoms with van der Waals surface area (Å²) in [6.07, 6.45) is -2.92. The predicted octanol–water partition coefficient (Wildman–Crippen LogP) is 3.80. The minimum absolute atomic E-state index is 0.00686. The van der Waals surface area contributed by atoms with E-state index in [1.54, 1.807) is 0 Å². The molecule has 8 heteroatoms. The van der Waals surface area contributed by atoms with Crippen LogP contribution >= 0.6 is 0 Å². The van der Waals surface area contributed by atoms with Crippen molar-refractivity contribution in [2.24, 2.45) is 0 Å². The van der Waals surface area contributed by atoms with E-state index < -0.39 is 24.3 Å². The molecule has 0 saturated heterocycles. The Morgan fingerprint density at radius 2 is 1.69 bits per heavy atom. The van der Waals surface area contributed by atoms with Gasteiger partial charge < -0.3 is 15.4 Å². The van der Waals surface area contributed by atoms with Crippen LogP contribution in [-0.4, -0.2) is 31.1 Å². The molecular formula is C21H23F3N2O3. The van der Waals surface area contributed by atoms with Crippen LogP contribution < -0.4 is 10.6 Å². The highest BCUT2D eigenvalue weighted by atomic mass is 19.4. The summed E-state index contributed by atoms with van der Waals surface area (Å²) in [5.41, 5.74) is 0.323. The van der Waals surface area contributed by atoms with Crippen molar-refractivity contribution in [1.82, 2.24) is 5.32 Å². The molecule has 0 bridgehead atoms. The summed E-state index contributed by atoms with van der Waals surface area (Å²) in [6.45, 7) is 1.12. The Morgan fingerprint density at radius 3 is 2.38 bits per heavy atom. The number of alkyl halides is 3. The van der Waals surface area contributed by atoms with Crippen molar-refractivity contribution in [3.63, 3.8) is 0 Å². The minimum atomic E-state index is -4.49. The Labute approximate surface area is 167 Å². The van der Waals surface area contributed by atoms with Crippen LogP contribution in [0.2, 0.25) is 0 Å². The number of halogens is 3. The van der Waals surface area contributed by atoms with E-state index >= 15 is 0 Å². The first kappa shape index (κ1) is 22.4. The number of nitrogens with one attached hydrogen (secondary N) is 2. The molecule has 0 saturated carbocycles. The van der Waals surface area contributed by atoms with E-state index in [-0.39, 0.29) is 24.2 Å². The molecule has 1 atom stereocenters. The van der Waals surface area contributed by atoms with Crippen molar-refractivity contribution in [3.8, 4) is 0 Å². The van der Waals surface area contributed by atoms with Gasteiger partial charge in [-0.05, 0) is 43.5 Å². The summed E-state index contributed by atoms with van der Waals surface area (Å²) < 4.78 is 43.1. The van der Waals surface area contributed by atoms with Gasteiger partial charge in [-0.2, -0.15) is 13.2 Å². The molecule has 2 aromatic carbocycles. The minimum Gasteiger partial charge on any atom is -0.362 e. The predicted molar refractivity (Wildman–Crippen MR) is 103 cm³/mol. The smallest absolute Gasteiger partial charge is 0.362 e. The van der Waals surface area contributed by atoms with Crippen LogP contribution in [0.3, 0.4) is 0 Å². The fourth-order valence-corrected chi connectivity index (χ4v) is 2.62. The molecule has 0 aliphatic rings. The Morgan fingerprint density at radius 1 is 1.00 bits per heavy atom. The Bertz CT molecular complexity index is 810. The molecule has 0 heterocycles. The van der Waals surface area contributed by atoms with Crippen molar-refractivity contribution < 1.29 is 27.5 Å². The maximum absolute atomic E-state index is 12.7. The van der Waals surface area contributed by atoms with E-state index in [0.717, 1.165) is 25.0 Å². The van der Waals surface area contributed by atoms with Crippen LogP contribution in [0.25, 0.3) is 0 Å². The molecule has 2 rings (SSSR count). The Kier molecular flexibility index (Phi) is 8.21. The van der Waals surface area contributed by atoms with Gasteiger partial charge in [0.1, 0.15) is 13.2 Å². The third-order valence-corrected chi connectivity index (χ3v) is 4.06. The zero-order valence-corrected chi connectivity index (χ0v) is 16.0. The molecule has 0 spiro atoms. The summed E-state index contributed by atoms with van der Waals surface area (Å²) >= 11 is 0. The molecule has 5 nitrogen and oxygen atoms in total. The van der Waals surface area contributed by atoms with E-state index in [0.29, 0.717) is 0 Å². The number of carbonyl (C=O) groups excluding carboxylic acids is 2. The number of ether oxygens (including phenoxy) is 1. The van der Waals surface area contributed by atoms with Crippen LogP contribution in [0.5, 0.6) is 0 Å². The number of aryl methyl sites for hydroxylation is 1. The molecule has 0 unspecified atom stereocenters. The van der Waals surface area contributed by atoms with E-state index in [1.165, 1.54) is 17.7 Å². The van der Waals surface area contributed by atoms with Crippen molar-refractivity contribution >= 4 is 17.5 Å². The van der Waals surface area contributed by atoms with Gasteiger partial charge in [0.25, 0.3) is 0 Å². The van der Waals surface area contributed by atoms with E-state index in [9.17, 15) is 22.8 Å². The van der Waals surface area contributed by atoms with E-state index in [4.69, 9.17) is 4.74 Å². The highest BCUT2D eigenvalue weighted by Gasteiger charge is 2.30. The lowest BCUT2D eigenvalue weighted by atomic mass is 10.1. The number of rotatable bonds is 9. The second kappa shape index (κ2) is 10.6. The number of hydrogen-bond donors (Lipinski definition) is 2. The van der Waals surface area contributed by atoms with Gasteiger partial charge in [0.15, 0.2) is 0 Å². The Balaban J connectivity index is 1.67. The van der Waals surface area contributed by atoms with Gasteiger partial charge in [-0.25, -0.2) is 0 Å². The van der Waals surface area contributed by atoms with Gasteiger partial charge in [0.05, 0.1) is 5.56 Å². The SMILES string of the molecule is C[C@@H](CCc1ccccc1)NC(=O)COCC(=O)Nc1cccc(C(F)(F)F)c1. The zero-order chi connectivity index (χ0) is 21.3. The highest BCUT2D eigenvalue weighted by molar-refractivity contribution is 5.92. The topological polar surface area (TPSA) is 67.4 Å². The molecule has 156 valence electrons. The molecule has 0 fully saturated rings. The maximum Gasteiger partial charge on any atom is 0.416 e. The number of anilines is 1. The van der Waals surface area contributed by atoms with Crippen LogP contribution in [-0.2, 0) is 26.9 Å². The summed E-state index contributed by atoms with van der Waals surface area (Å²) in [5.74, 6) is -1.01. The number of amides is 2. The van der Waals surface area contributed by atoms with Gasteiger partial charge in [0, 0.05) is 11.7 Å². The maximum atomic E-state index is 12.7. The second-order valence-corrected chi connectivity index (χ2v) is 6.61. The van der Waals surface area contributed by atoms with Gasteiger partial charge in [-0.15, -0.1) is 0 Å². The van der Waals surface area contributed by atoms with Crippen molar-refractivity contribution in [2.75, 3.05) is 18.5 Å². The molecular weight excluding hydrogens is 385 g/mol. The highest BCUT2D eigenvalue weighted by Crippen LogP contribution is 2.30. The van der Waals surface area contributed by atoms with Crippen molar-refractivity contribution in [1.29, 1.82) is 0 Å². The fraction of sp³-hybridized carbons (Fsp3) is 0.333. The summed E-state index contributed by atoms with van der Waals surface area (Å²) in [7, 11) is 0. The van der Waals surface area contributed by atoms with Crippen LogP contribution in [0.1, 0.15) is 24.5 Å². The molecule has 2 aromatic rings. The third kappa shape index (κ3) is 8.35. The summed E-state index contributed by atoms with van der Waals surface area (Å²) in [5, 5.41) is 5.09. The van der Waals surface area contributed by atoms with Crippen molar-refractivity contribution in [3.05, 3.63) is 65.7 Å². The third-order valence-electron chi connectivity index (χ3n) is 4.06. The average molecular weight is 408 g/mol. The largest absolute Gasteiger partial charge is 0.416 e. The molecule has 0 aromatic heterocycles. The average Bonchev–Trinajstić information content (AvgIpc) is 2.66. The zero-order valence-electron chi connectivity index (χ0n) is 16.0. The van der Waals surface area contributed by atoms with Gasteiger partial charge >= 0.3 is 6.18 Å². The molecule has 29 heavy (non-hydrogen) atoms. The van der Waals surface area contributed by atoms with Crippen LogP contribution in [0, 0.1) is 0 Å². The fourth-order valence-electron chi connectivity index (χ4n) is 2.62. The van der Waals surface area contributed by atoms with Crippen LogP contribution in [0.15, 0.2) is 54.6 Å². The molecule has 2 amide bonds. The lowest BCUT2D eigenvalue weighted by molar-refractivity contribution is -0.137. The van der Waals surface area contributed by atoms with Crippen molar-refractivity contribution in [2.45, 2.75) is 32.0 Å². The first-order chi connectivity index (χ1) is 13.7. The normalized spacial score (nSPS) is 12.3. The molecule has 0 radical (unpaired) electrons. The van der Waals surface area contributed by atoms with Gasteiger partial charge in [0.2, 0.25) is 11.8 Å². The second-order valence-electron chi connectivity index (χ2n) is 6.61.